The Kier molecular flexibility index (Phi) is 5.33. The third-order valence-electron chi connectivity index (χ3n) is 4.90. The van der Waals surface area contributed by atoms with Crippen LogP contribution in [0.2, 0.25) is 0 Å². The third kappa shape index (κ3) is 3.80. The van der Waals surface area contributed by atoms with Gasteiger partial charge in [-0.2, -0.15) is 0 Å². The van der Waals surface area contributed by atoms with Crippen molar-refractivity contribution in [2.24, 2.45) is 0 Å². The summed E-state index contributed by atoms with van der Waals surface area (Å²) < 4.78 is 26.8. The van der Waals surface area contributed by atoms with E-state index in [0.717, 1.165) is 12.6 Å². The van der Waals surface area contributed by atoms with Crippen molar-refractivity contribution in [1.29, 1.82) is 0 Å². The minimum absolute atomic E-state index is 0.121. The molecule has 0 radical (unpaired) electrons. The predicted octanol–water partition coefficient (Wildman–Crippen LogP) is 3.88. The van der Waals surface area contributed by atoms with Crippen molar-refractivity contribution >= 4 is 0 Å². The lowest BCUT2D eigenvalue weighted by atomic mass is 9.80. The normalized spacial score (nSPS) is 19.7. The lowest BCUT2D eigenvalue weighted by Crippen LogP contribution is -2.53. The molecular weight excluding hydrogens is 270 g/mol. The Hall–Kier alpha value is -1.00. The van der Waals surface area contributed by atoms with Crippen LogP contribution < -0.4 is 5.32 Å². The van der Waals surface area contributed by atoms with E-state index < -0.39 is 11.6 Å². The second-order valence-electron chi connectivity index (χ2n) is 6.45. The fourth-order valence-corrected chi connectivity index (χ4v) is 3.30. The van der Waals surface area contributed by atoms with E-state index in [0.29, 0.717) is 5.56 Å². The van der Waals surface area contributed by atoms with Crippen LogP contribution in [-0.2, 0) is 0 Å². The Balaban J connectivity index is 2.03. The molecule has 1 atom stereocenters. The molecule has 0 aliphatic heterocycles. The number of hydrogen-bond acceptors (Lipinski definition) is 2. The summed E-state index contributed by atoms with van der Waals surface area (Å²) in [6.45, 7) is 2.76. The maximum atomic E-state index is 13.8. The number of benzene rings is 1. The average Bonchev–Trinajstić information content (AvgIpc) is 2.45. The van der Waals surface area contributed by atoms with Crippen LogP contribution in [0, 0.1) is 11.6 Å². The van der Waals surface area contributed by atoms with Crippen LogP contribution in [-0.4, -0.2) is 31.1 Å². The van der Waals surface area contributed by atoms with Crippen molar-refractivity contribution in [3.63, 3.8) is 0 Å². The first-order valence-electron chi connectivity index (χ1n) is 7.80. The summed E-state index contributed by atoms with van der Waals surface area (Å²) in [6.07, 6.45) is 6.15. The van der Waals surface area contributed by atoms with Crippen LogP contribution >= 0.6 is 0 Å². The van der Waals surface area contributed by atoms with Gasteiger partial charge in [-0.1, -0.05) is 25.3 Å². The fourth-order valence-electron chi connectivity index (χ4n) is 3.30. The van der Waals surface area contributed by atoms with Crippen LogP contribution in [0.1, 0.15) is 50.6 Å². The largest absolute Gasteiger partial charge is 0.308 e. The summed E-state index contributed by atoms with van der Waals surface area (Å²) in [5, 5.41) is 3.45. The SMILES string of the molecule is CC(NCC1(N(C)C)CCCCC1)c1ccc(F)cc1F. The quantitative estimate of drug-likeness (QED) is 0.887. The molecule has 0 heterocycles. The van der Waals surface area contributed by atoms with Gasteiger partial charge in [-0.25, -0.2) is 8.78 Å². The van der Waals surface area contributed by atoms with Crippen molar-refractivity contribution in [2.75, 3.05) is 20.6 Å². The van der Waals surface area contributed by atoms with Crippen LogP contribution in [0.3, 0.4) is 0 Å². The highest BCUT2D eigenvalue weighted by Crippen LogP contribution is 2.32. The number of likely N-dealkylation sites (N-methyl/N-ethyl adjacent to an activating group) is 1. The molecule has 1 unspecified atom stereocenters. The fraction of sp³-hybridized carbons (Fsp3) is 0.647. The second-order valence-corrected chi connectivity index (χ2v) is 6.45. The van der Waals surface area contributed by atoms with Crippen LogP contribution in [0.25, 0.3) is 0 Å². The van der Waals surface area contributed by atoms with E-state index in [1.54, 1.807) is 0 Å². The summed E-state index contributed by atoms with van der Waals surface area (Å²) in [7, 11) is 4.24. The average molecular weight is 296 g/mol. The highest BCUT2D eigenvalue weighted by Gasteiger charge is 2.34. The van der Waals surface area contributed by atoms with Gasteiger partial charge in [0.15, 0.2) is 0 Å². The van der Waals surface area contributed by atoms with Crippen molar-refractivity contribution in [3.8, 4) is 0 Å². The van der Waals surface area contributed by atoms with Crippen LogP contribution in [0.5, 0.6) is 0 Å². The lowest BCUT2D eigenvalue weighted by molar-refractivity contribution is 0.0957. The Morgan fingerprint density at radius 1 is 1.19 bits per heavy atom. The molecule has 1 aromatic rings. The number of nitrogens with zero attached hydrogens (tertiary/aromatic N) is 1. The molecule has 21 heavy (non-hydrogen) atoms. The molecule has 0 spiro atoms. The summed E-state index contributed by atoms with van der Waals surface area (Å²) >= 11 is 0. The zero-order chi connectivity index (χ0) is 15.5. The van der Waals surface area contributed by atoms with E-state index in [1.165, 1.54) is 44.2 Å². The number of nitrogens with one attached hydrogen (secondary N) is 1. The van der Waals surface area contributed by atoms with Gasteiger partial charge in [0.1, 0.15) is 11.6 Å². The Morgan fingerprint density at radius 2 is 1.86 bits per heavy atom. The molecule has 0 bridgehead atoms. The minimum atomic E-state index is -0.527. The molecule has 1 aliphatic carbocycles. The highest BCUT2D eigenvalue weighted by atomic mass is 19.1. The van der Waals surface area contributed by atoms with Crippen molar-refractivity contribution < 1.29 is 8.78 Å². The molecule has 118 valence electrons. The molecule has 1 N–H and O–H groups in total. The van der Waals surface area contributed by atoms with Gasteiger partial charge in [0.25, 0.3) is 0 Å². The van der Waals surface area contributed by atoms with Crippen molar-refractivity contribution in [1.82, 2.24) is 10.2 Å². The molecule has 1 aliphatic rings. The minimum Gasteiger partial charge on any atom is -0.308 e. The summed E-state index contributed by atoms with van der Waals surface area (Å²) in [5.74, 6) is -1.00. The standard InChI is InChI=1S/C17H26F2N2/c1-13(15-8-7-14(18)11-16(15)19)20-12-17(21(2)3)9-5-4-6-10-17/h7-8,11,13,20H,4-6,9-10,12H2,1-3H3. The summed E-state index contributed by atoms with van der Waals surface area (Å²) in [4.78, 5) is 2.30. The van der Waals surface area contributed by atoms with Gasteiger partial charge in [0.2, 0.25) is 0 Å². The van der Waals surface area contributed by atoms with E-state index in [4.69, 9.17) is 0 Å². The van der Waals surface area contributed by atoms with Crippen LogP contribution in [0.15, 0.2) is 18.2 Å². The van der Waals surface area contributed by atoms with Gasteiger partial charge >= 0.3 is 0 Å². The number of hydrogen-bond donors (Lipinski definition) is 1. The van der Waals surface area contributed by atoms with E-state index in [9.17, 15) is 8.78 Å². The molecular formula is C17H26F2N2. The van der Waals surface area contributed by atoms with E-state index in [-0.39, 0.29) is 11.6 Å². The molecule has 1 aromatic carbocycles. The zero-order valence-electron chi connectivity index (χ0n) is 13.3. The highest BCUT2D eigenvalue weighted by molar-refractivity contribution is 5.21. The predicted molar refractivity (Wildman–Crippen MR) is 82.3 cm³/mol. The maximum absolute atomic E-state index is 13.8. The summed E-state index contributed by atoms with van der Waals surface area (Å²) in [5.41, 5.74) is 0.685. The van der Waals surface area contributed by atoms with E-state index in [1.807, 2.05) is 6.92 Å². The first-order chi connectivity index (χ1) is 9.94. The topological polar surface area (TPSA) is 15.3 Å². The Morgan fingerprint density at radius 3 is 2.43 bits per heavy atom. The number of rotatable bonds is 5. The van der Waals surface area contributed by atoms with Gasteiger partial charge in [-0.3, -0.25) is 0 Å². The molecule has 1 saturated carbocycles. The lowest BCUT2D eigenvalue weighted by Gasteiger charge is -2.44. The first kappa shape index (κ1) is 16.4. The second kappa shape index (κ2) is 6.84. The Bertz CT molecular complexity index is 468. The maximum Gasteiger partial charge on any atom is 0.130 e. The zero-order valence-corrected chi connectivity index (χ0v) is 13.3. The molecule has 2 rings (SSSR count). The molecule has 0 saturated heterocycles. The number of halogens is 2. The van der Waals surface area contributed by atoms with E-state index >= 15 is 0 Å². The monoisotopic (exact) mass is 296 g/mol. The van der Waals surface area contributed by atoms with Crippen LogP contribution in [0.4, 0.5) is 8.78 Å². The summed E-state index contributed by atoms with van der Waals surface area (Å²) in [6, 6.07) is 3.68. The molecule has 2 nitrogen and oxygen atoms in total. The molecule has 0 aromatic heterocycles. The molecule has 4 heteroatoms. The molecule has 0 amide bonds. The van der Waals surface area contributed by atoms with E-state index in [2.05, 4.69) is 24.3 Å². The van der Waals surface area contributed by atoms with Gasteiger partial charge in [-0.05, 0) is 39.9 Å². The van der Waals surface area contributed by atoms with Gasteiger partial charge in [0, 0.05) is 29.8 Å². The smallest absolute Gasteiger partial charge is 0.130 e. The third-order valence-corrected chi connectivity index (χ3v) is 4.90. The van der Waals surface area contributed by atoms with Gasteiger partial charge < -0.3 is 10.2 Å². The Labute approximate surface area is 126 Å². The van der Waals surface area contributed by atoms with Gasteiger partial charge in [-0.15, -0.1) is 0 Å². The van der Waals surface area contributed by atoms with Crippen molar-refractivity contribution in [3.05, 3.63) is 35.4 Å². The molecule has 1 fully saturated rings. The first-order valence-corrected chi connectivity index (χ1v) is 7.80. The van der Waals surface area contributed by atoms with Gasteiger partial charge in [0.05, 0.1) is 0 Å². The van der Waals surface area contributed by atoms with Crippen molar-refractivity contribution in [2.45, 2.75) is 50.6 Å².